The second-order valence-corrected chi connectivity index (χ2v) is 5.69. The largest absolute Gasteiger partial charge is 0.250 e. The molecule has 0 saturated carbocycles. The molecule has 1 aromatic carbocycles. The molecule has 1 nitrogen and oxygen atoms in total. The Morgan fingerprint density at radius 2 is 2.00 bits per heavy atom. The van der Waals surface area contributed by atoms with Crippen molar-refractivity contribution in [3.8, 4) is 11.3 Å². The molecular formula is C17H15FN+. The van der Waals surface area contributed by atoms with Crippen molar-refractivity contribution >= 4 is 5.70 Å². The monoisotopic (exact) mass is 252 g/mol. The molecule has 19 heavy (non-hydrogen) atoms. The number of aromatic nitrogens is 1. The first-order valence-corrected chi connectivity index (χ1v) is 6.58. The molecular weight excluding hydrogens is 237 g/mol. The molecule has 0 aliphatic carbocycles. The number of benzene rings is 1. The lowest BCUT2D eigenvalue weighted by atomic mass is 9.72. The van der Waals surface area contributed by atoms with Crippen molar-refractivity contribution in [3.05, 3.63) is 60.3 Å². The molecule has 2 atom stereocenters. The molecule has 2 heteroatoms. The minimum atomic E-state index is -0.500. The molecule has 0 saturated heterocycles. The molecule has 2 aromatic rings. The maximum absolute atomic E-state index is 13.8. The fourth-order valence-corrected chi connectivity index (χ4v) is 3.77. The van der Waals surface area contributed by atoms with Crippen LogP contribution >= 0.6 is 0 Å². The van der Waals surface area contributed by atoms with E-state index in [4.69, 9.17) is 0 Å². The van der Waals surface area contributed by atoms with Gasteiger partial charge in [0.2, 0.25) is 5.69 Å². The zero-order chi connectivity index (χ0) is 13.2. The van der Waals surface area contributed by atoms with Crippen LogP contribution in [0.4, 0.5) is 4.39 Å². The summed E-state index contributed by atoms with van der Waals surface area (Å²) in [6.07, 6.45) is 0. The van der Waals surface area contributed by atoms with Crippen LogP contribution in [0.5, 0.6) is 0 Å². The van der Waals surface area contributed by atoms with Crippen LogP contribution < -0.4 is 4.57 Å². The van der Waals surface area contributed by atoms with Crippen molar-refractivity contribution in [2.75, 3.05) is 6.67 Å². The van der Waals surface area contributed by atoms with Crippen molar-refractivity contribution in [1.82, 2.24) is 0 Å². The van der Waals surface area contributed by atoms with E-state index in [0.29, 0.717) is 0 Å². The second kappa shape index (κ2) is 3.32. The number of allylic oxidation sites excluding steroid dienone is 1. The van der Waals surface area contributed by atoms with Crippen molar-refractivity contribution in [3.63, 3.8) is 0 Å². The molecule has 3 heterocycles. The lowest BCUT2D eigenvalue weighted by Crippen LogP contribution is -2.37. The Hall–Kier alpha value is -1.96. The van der Waals surface area contributed by atoms with Gasteiger partial charge in [0, 0.05) is 12.1 Å². The molecule has 4 rings (SSSR count). The van der Waals surface area contributed by atoms with E-state index in [2.05, 4.69) is 29.3 Å². The van der Waals surface area contributed by atoms with Crippen molar-refractivity contribution in [1.29, 1.82) is 0 Å². The van der Waals surface area contributed by atoms with Crippen LogP contribution in [0.3, 0.4) is 0 Å². The Morgan fingerprint density at radius 1 is 1.21 bits per heavy atom. The van der Waals surface area contributed by atoms with Gasteiger partial charge in [-0.25, -0.2) is 4.39 Å². The van der Waals surface area contributed by atoms with Crippen molar-refractivity contribution in [2.24, 2.45) is 0 Å². The molecule has 2 aliphatic rings. The van der Waals surface area contributed by atoms with E-state index in [-0.39, 0.29) is 12.6 Å². The number of nitrogens with zero attached hydrogens (tertiary/aromatic N) is 1. The van der Waals surface area contributed by atoms with Gasteiger partial charge >= 0.3 is 0 Å². The number of rotatable bonds is 1. The SMILES string of the molecule is C=C1C2c3ccccc3-c3cccc([n+]31)C2(C)CF. The zero-order valence-corrected chi connectivity index (χ0v) is 10.9. The predicted octanol–water partition coefficient (Wildman–Crippen LogP) is 3.45. The highest BCUT2D eigenvalue weighted by molar-refractivity contribution is 5.73. The fraction of sp³-hybridized carbons (Fsp3) is 0.235. The molecule has 2 bridgehead atoms. The number of hydrogen-bond acceptors (Lipinski definition) is 0. The summed E-state index contributed by atoms with van der Waals surface area (Å²) in [5, 5.41) is 0. The van der Waals surface area contributed by atoms with Crippen LogP contribution in [-0.4, -0.2) is 6.67 Å². The lowest BCUT2D eigenvalue weighted by molar-refractivity contribution is -0.573. The predicted molar refractivity (Wildman–Crippen MR) is 73.5 cm³/mol. The van der Waals surface area contributed by atoms with Crippen molar-refractivity contribution in [2.45, 2.75) is 18.3 Å². The Balaban J connectivity index is 2.19. The average Bonchev–Trinajstić information content (AvgIpc) is 2.66. The number of halogens is 1. The van der Waals surface area contributed by atoms with Gasteiger partial charge in [0.05, 0.1) is 16.9 Å². The summed E-state index contributed by atoms with van der Waals surface area (Å²) in [6.45, 7) is 5.87. The Kier molecular flexibility index (Phi) is 1.91. The van der Waals surface area contributed by atoms with Gasteiger partial charge < -0.3 is 0 Å². The summed E-state index contributed by atoms with van der Waals surface area (Å²) in [4.78, 5) is 0. The van der Waals surface area contributed by atoms with E-state index in [1.165, 1.54) is 11.1 Å². The normalized spacial score (nSPS) is 26.4. The third-order valence-corrected chi connectivity index (χ3v) is 4.66. The topological polar surface area (TPSA) is 3.88 Å². The van der Waals surface area contributed by atoms with Crippen LogP contribution in [0.15, 0.2) is 49.0 Å². The van der Waals surface area contributed by atoms with Gasteiger partial charge in [0.25, 0.3) is 0 Å². The number of pyridine rings is 1. The maximum atomic E-state index is 13.8. The standard InChI is InChI=1S/C17H15FN/c1-11-16-13-7-4-3-6-12(13)14-8-5-9-15(19(11)14)17(16,2)10-18/h3-9,16H,1,10H2,2H3/q+1. The molecule has 0 N–H and O–H groups in total. The molecule has 0 radical (unpaired) electrons. The van der Waals surface area contributed by atoms with E-state index >= 15 is 0 Å². The van der Waals surface area contributed by atoms with Gasteiger partial charge in [0.15, 0.2) is 11.4 Å². The number of alkyl halides is 1. The van der Waals surface area contributed by atoms with Crippen LogP contribution in [0.2, 0.25) is 0 Å². The average molecular weight is 252 g/mol. The van der Waals surface area contributed by atoms with Crippen molar-refractivity contribution < 1.29 is 8.96 Å². The van der Waals surface area contributed by atoms with Gasteiger partial charge in [-0.1, -0.05) is 18.2 Å². The summed E-state index contributed by atoms with van der Waals surface area (Å²) >= 11 is 0. The highest BCUT2D eigenvalue weighted by Gasteiger charge is 2.58. The van der Waals surface area contributed by atoms with Gasteiger partial charge in [-0.2, -0.15) is 4.57 Å². The number of fused-ring (bicyclic) bond motifs is 4. The van der Waals surface area contributed by atoms with Crippen LogP contribution in [0.1, 0.15) is 24.1 Å². The summed E-state index contributed by atoms with van der Waals surface area (Å²) in [5.74, 6) is 0.0450. The molecule has 1 aromatic heterocycles. The van der Waals surface area contributed by atoms with Gasteiger partial charge in [-0.3, -0.25) is 0 Å². The fourth-order valence-electron chi connectivity index (χ4n) is 3.77. The Bertz CT molecular complexity index is 719. The molecule has 0 spiro atoms. The van der Waals surface area contributed by atoms with Gasteiger partial charge in [-0.05, 0) is 31.2 Å². The first-order chi connectivity index (χ1) is 9.18. The van der Waals surface area contributed by atoms with Gasteiger partial charge in [0.1, 0.15) is 6.67 Å². The highest BCUT2D eigenvalue weighted by atomic mass is 19.1. The van der Waals surface area contributed by atoms with E-state index in [0.717, 1.165) is 17.1 Å². The minimum absolute atomic E-state index is 0.0450. The quantitative estimate of drug-likeness (QED) is 0.684. The summed E-state index contributed by atoms with van der Waals surface area (Å²) in [7, 11) is 0. The third-order valence-electron chi connectivity index (χ3n) is 4.66. The molecule has 2 unspecified atom stereocenters. The highest BCUT2D eigenvalue weighted by Crippen LogP contribution is 2.53. The molecule has 94 valence electrons. The molecule has 0 fully saturated rings. The Labute approximate surface area is 112 Å². The van der Waals surface area contributed by atoms with E-state index in [9.17, 15) is 4.39 Å². The first-order valence-electron chi connectivity index (χ1n) is 6.58. The van der Waals surface area contributed by atoms with E-state index in [1.54, 1.807) is 0 Å². The number of hydrogen-bond donors (Lipinski definition) is 0. The summed E-state index contributed by atoms with van der Waals surface area (Å²) < 4.78 is 16.0. The van der Waals surface area contributed by atoms with Crippen LogP contribution in [0, 0.1) is 0 Å². The van der Waals surface area contributed by atoms with E-state index in [1.807, 2.05) is 31.2 Å². The summed E-state index contributed by atoms with van der Waals surface area (Å²) in [5.41, 5.74) is 5.09. The first kappa shape index (κ1) is 10.9. The molecule has 2 aliphatic heterocycles. The van der Waals surface area contributed by atoms with Crippen LogP contribution in [-0.2, 0) is 5.41 Å². The molecule has 0 amide bonds. The zero-order valence-electron chi connectivity index (χ0n) is 10.9. The third kappa shape index (κ3) is 1.08. The smallest absolute Gasteiger partial charge is 0.218 e. The van der Waals surface area contributed by atoms with E-state index < -0.39 is 5.41 Å². The summed E-state index contributed by atoms with van der Waals surface area (Å²) in [6, 6.07) is 14.4. The second-order valence-electron chi connectivity index (χ2n) is 5.69. The Morgan fingerprint density at radius 3 is 2.79 bits per heavy atom. The minimum Gasteiger partial charge on any atom is -0.250 e. The van der Waals surface area contributed by atoms with Gasteiger partial charge in [-0.15, -0.1) is 0 Å². The lowest BCUT2D eigenvalue weighted by Gasteiger charge is -2.25. The maximum Gasteiger partial charge on any atom is 0.218 e. The van der Waals surface area contributed by atoms with Crippen LogP contribution in [0.25, 0.3) is 17.0 Å².